The lowest BCUT2D eigenvalue weighted by Crippen LogP contribution is -2.62. The molecule has 1 saturated carbocycles. The van der Waals surface area contributed by atoms with Crippen LogP contribution in [0.25, 0.3) is 0 Å². The number of aromatic nitrogens is 1. The van der Waals surface area contributed by atoms with E-state index in [1.807, 2.05) is 48.2 Å². The van der Waals surface area contributed by atoms with Gasteiger partial charge >= 0.3 is 0 Å². The largest absolute Gasteiger partial charge is 0.383 e. The van der Waals surface area contributed by atoms with Crippen molar-refractivity contribution in [3.63, 3.8) is 0 Å². The number of methoxy groups -OCH3 is 1. The van der Waals surface area contributed by atoms with Gasteiger partial charge in [-0.25, -0.2) is 4.98 Å². The first kappa shape index (κ1) is 20.5. The Morgan fingerprint density at radius 2 is 2.00 bits per heavy atom. The molecule has 1 spiro atoms. The smallest absolute Gasteiger partial charge is 0.254 e. The van der Waals surface area contributed by atoms with Gasteiger partial charge in [-0.2, -0.15) is 0 Å². The van der Waals surface area contributed by atoms with Crippen LogP contribution in [0.15, 0.2) is 42.6 Å². The second-order valence-electron chi connectivity index (χ2n) is 8.34. The van der Waals surface area contributed by atoms with Crippen LogP contribution in [0.3, 0.4) is 0 Å². The lowest BCUT2D eigenvalue weighted by Gasteiger charge is -2.53. The fourth-order valence-corrected chi connectivity index (χ4v) is 5.15. The first-order chi connectivity index (χ1) is 14.6. The van der Waals surface area contributed by atoms with Crippen LogP contribution < -0.4 is 5.32 Å². The minimum atomic E-state index is -0.532. The van der Waals surface area contributed by atoms with Crippen molar-refractivity contribution < 1.29 is 14.3 Å². The molecule has 0 bridgehead atoms. The van der Waals surface area contributed by atoms with E-state index in [0.29, 0.717) is 24.5 Å². The summed E-state index contributed by atoms with van der Waals surface area (Å²) < 4.78 is 5.31. The normalized spacial score (nSPS) is 20.1. The van der Waals surface area contributed by atoms with E-state index in [2.05, 4.69) is 10.3 Å². The summed E-state index contributed by atoms with van der Waals surface area (Å²) in [7, 11) is 1.64. The van der Waals surface area contributed by atoms with Crippen molar-refractivity contribution in [1.29, 1.82) is 0 Å². The van der Waals surface area contributed by atoms with Gasteiger partial charge in [0.1, 0.15) is 5.82 Å². The molecule has 6 nitrogen and oxygen atoms in total. The third-order valence-corrected chi connectivity index (χ3v) is 6.49. The zero-order valence-corrected chi connectivity index (χ0v) is 17.7. The van der Waals surface area contributed by atoms with E-state index in [9.17, 15) is 9.59 Å². The third-order valence-electron chi connectivity index (χ3n) is 6.49. The van der Waals surface area contributed by atoms with Gasteiger partial charge in [-0.1, -0.05) is 37.5 Å². The standard InChI is InChI=1S/C24H29N3O3/c1-17-10-13-25-20(16-17)26-22(28)21-18-8-4-5-9-19(18)23(29)27(14-15-30-2)24(21)11-6-3-7-12-24/h4-5,8-10,13,16,21H,3,6-7,11-12,14-15H2,1-2H3,(H,25,26,28)/t21-/m0/s1. The summed E-state index contributed by atoms with van der Waals surface area (Å²) in [6, 6.07) is 11.3. The molecule has 0 radical (unpaired) electrons. The molecular formula is C24H29N3O3. The number of pyridine rings is 1. The van der Waals surface area contributed by atoms with Gasteiger partial charge in [-0.05, 0) is 49.1 Å². The summed E-state index contributed by atoms with van der Waals surface area (Å²) in [5.41, 5.74) is 1.94. The Kier molecular flexibility index (Phi) is 5.86. The molecule has 158 valence electrons. The van der Waals surface area contributed by atoms with E-state index < -0.39 is 11.5 Å². The Bertz CT molecular complexity index is 937. The summed E-state index contributed by atoms with van der Waals surface area (Å²) in [5, 5.41) is 3.04. The number of benzene rings is 1. The second kappa shape index (κ2) is 8.56. The van der Waals surface area contributed by atoms with Crippen molar-refractivity contribution in [2.45, 2.75) is 50.5 Å². The molecule has 1 N–H and O–H groups in total. The number of fused-ring (bicyclic) bond motifs is 1. The van der Waals surface area contributed by atoms with E-state index in [1.54, 1.807) is 13.3 Å². The van der Waals surface area contributed by atoms with Gasteiger partial charge in [0.05, 0.1) is 18.1 Å². The Morgan fingerprint density at radius 1 is 1.23 bits per heavy atom. The quantitative estimate of drug-likeness (QED) is 0.816. The predicted octanol–water partition coefficient (Wildman–Crippen LogP) is 3.92. The van der Waals surface area contributed by atoms with Gasteiger partial charge in [0, 0.05) is 25.4 Å². The predicted molar refractivity (Wildman–Crippen MR) is 116 cm³/mol. The Balaban J connectivity index is 1.80. The molecule has 1 atom stereocenters. The van der Waals surface area contributed by atoms with Crippen LogP contribution in [-0.2, 0) is 9.53 Å². The van der Waals surface area contributed by atoms with Crippen molar-refractivity contribution in [3.05, 3.63) is 59.3 Å². The van der Waals surface area contributed by atoms with Crippen LogP contribution in [0.5, 0.6) is 0 Å². The number of hydrogen-bond acceptors (Lipinski definition) is 4. The fourth-order valence-electron chi connectivity index (χ4n) is 5.15. The molecule has 1 aromatic carbocycles. The maximum absolute atomic E-state index is 13.7. The van der Waals surface area contributed by atoms with Gasteiger partial charge in [0.2, 0.25) is 5.91 Å². The minimum absolute atomic E-state index is 0.00211. The van der Waals surface area contributed by atoms with Crippen LogP contribution in [0, 0.1) is 6.92 Å². The lowest BCUT2D eigenvalue weighted by atomic mass is 9.65. The van der Waals surface area contributed by atoms with Gasteiger partial charge in [-0.3, -0.25) is 9.59 Å². The van der Waals surface area contributed by atoms with E-state index in [4.69, 9.17) is 4.74 Å². The third kappa shape index (κ3) is 3.60. The molecule has 1 aliphatic heterocycles. The van der Waals surface area contributed by atoms with Crippen molar-refractivity contribution in [2.24, 2.45) is 0 Å². The van der Waals surface area contributed by atoms with E-state index in [-0.39, 0.29) is 11.8 Å². The molecule has 0 unspecified atom stereocenters. The summed E-state index contributed by atoms with van der Waals surface area (Å²) >= 11 is 0. The van der Waals surface area contributed by atoms with E-state index in [1.165, 1.54) is 0 Å². The summed E-state index contributed by atoms with van der Waals surface area (Å²) in [5.74, 6) is 0.00861. The Morgan fingerprint density at radius 3 is 2.73 bits per heavy atom. The van der Waals surface area contributed by atoms with Crippen LogP contribution in [0.4, 0.5) is 5.82 Å². The molecule has 30 heavy (non-hydrogen) atoms. The first-order valence-corrected chi connectivity index (χ1v) is 10.7. The van der Waals surface area contributed by atoms with Crippen LogP contribution in [0.1, 0.15) is 59.5 Å². The zero-order valence-electron chi connectivity index (χ0n) is 17.7. The number of aryl methyl sites for hydroxylation is 1. The molecule has 2 aromatic rings. The highest BCUT2D eigenvalue weighted by Gasteiger charge is 2.54. The SMILES string of the molecule is COCCN1C(=O)c2ccccc2[C@@H](C(=O)Nc2cc(C)ccn2)C12CCCCC2. The number of rotatable bonds is 5. The van der Waals surface area contributed by atoms with Crippen molar-refractivity contribution >= 4 is 17.6 Å². The molecule has 1 aromatic heterocycles. The summed E-state index contributed by atoms with van der Waals surface area (Å²) in [6.45, 7) is 2.90. The number of anilines is 1. The average molecular weight is 408 g/mol. The van der Waals surface area contributed by atoms with Gasteiger partial charge in [-0.15, -0.1) is 0 Å². The van der Waals surface area contributed by atoms with Crippen LogP contribution >= 0.6 is 0 Å². The van der Waals surface area contributed by atoms with Gasteiger partial charge in [0.25, 0.3) is 5.91 Å². The molecule has 6 heteroatoms. The van der Waals surface area contributed by atoms with E-state index in [0.717, 1.165) is 43.2 Å². The van der Waals surface area contributed by atoms with Crippen molar-refractivity contribution in [3.8, 4) is 0 Å². The number of nitrogens with one attached hydrogen (secondary N) is 1. The number of ether oxygens (including phenoxy) is 1. The molecule has 4 rings (SSSR count). The molecule has 2 amide bonds. The Hall–Kier alpha value is -2.73. The lowest BCUT2D eigenvalue weighted by molar-refractivity contribution is -0.122. The molecule has 2 heterocycles. The average Bonchev–Trinajstić information content (AvgIpc) is 2.74. The van der Waals surface area contributed by atoms with Crippen LogP contribution in [-0.4, -0.2) is 47.5 Å². The molecule has 1 fully saturated rings. The molecule has 2 aliphatic rings. The monoisotopic (exact) mass is 407 g/mol. The first-order valence-electron chi connectivity index (χ1n) is 10.7. The molecular weight excluding hydrogens is 378 g/mol. The highest BCUT2D eigenvalue weighted by Crippen LogP contribution is 2.49. The van der Waals surface area contributed by atoms with Gasteiger partial charge < -0.3 is 15.0 Å². The highest BCUT2D eigenvalue weighted by atomic mass is 16.5. The number of hydrogen-bond donors (Lipinski definition) is 1. The Labute approximate surface area is 177 Å². The maximum atomic E-state index is 13.7. The van der Waals surface area contributed by atoms with Crippen molar-refractivity contribution in [1.82, 2.24) is 9.88 Å². The number of carbonyl (C=O) groups is 2. The summed E-state index contributed by atoms with van der Waals surface area (Å²) in [6.07, 6.45) is 6.47. The highest BCUT2D eigenvalue weighted by molar-refractivity contribution is 6.04. The number of amides is 2. The topological polar surface area (TPSA) is 71.5 Å². The minimum Gasteiger partial charge on any atom is -0.383 e. The molecule has 1 aliphatic carbocycles. The van der Waals surface area contributed by atoms with Crippen molar-refractivity contribution in [2.75, 3.05) is 25.6 Å². The maximum Gasteiger partial charge on any atom is 0.254 e. The fraction of sp³-hybridized carbons (Fsp3) is 0.458. The van der Waals surface area contributed by atoms with Gasteiger partial charge in [0.15, 0.2) is 0 Å². The summed E-state index contributed by atoms with van der Waals surface area (Å²) in [4.78, 5) is 33.5. The van der Waals surface area contributed by atoms with Crippen LogP contribution in [0.2, 0.25) is 0 Å². The second-order valence-corrected chi connectivity index (χ2v) is 8.34. The van der Waals surface area contributed by atoms with E-state index >= 15 is 0 Å². The molecule has 0 saturated heterocycles. The number of nitrogens with zero attached hydrogens (tertiary/aromatic N) is 2. The number of carbonyl (C=O) groups excluding carboxylic acids is 2. The zero-order chi connectivity index (χ0) is 21.1.